The Morgan fingerprint density at radius 3 is 1.52 bits per heavy atom. The number of nitrogens with zero attached hydrogens (tertiary/aromatic N) is 1. The molecule has 0 aliphatic rings. The number of esters is 1. The highest BCUT2D eigenvalue weighted by molar-refractivity contribution is 7.47. The summed E-state index contributed by atoms with van der Waals surface area (Å²) in [6.45, 7) is 5.63. The molecule has 0 aliphatic heterocycles. The first-order valence-electron chi connectivity index (χ1n) is 20.9. The van der Waals surface area contributed by atoms with Crippen LogP contribution in [0.4, 0.5) is 0 Å². The lowest BCUT2D eigenvalue weighted by molar-refractivity contribution is -0.870. The number of quaternary nitrogens is 1. The average Bonchev–Trinajstić information content (AvgIpc) is 3.06. The highest BCUT2D eigenvalue weighted by atomic mass is 31.2. The lowest BCUT2D eigenvalue weighted by Gasteiger charge is -2.24. The maximum absolute atomic E-state index is 12.6. The Morgan fingerprint density at radius 2 is 1.04 bits per heavy atom. The monoisotopic (exact) mass is 733 g/mol. The molecular formula is C41H83NO7P+. The van der Waals surface area contributed by atoms with Crippen molar-refractivity contribution in [3.8, 4) is 0 Å². The molecule has 0 heterocycles. The van der Waals surface area contributed by atoms with Crippen LogP contribution >= 0.6 is 7.82 Å². The van der Waals surface area contributed by atoms with Crippen molar-refractivity contribution in [1.29, 1.82) is 0 Å². The molecule has 0 spiro atoms. The van der Waals surface area contributed by atoms with Crippen LogP contribution in [-0.4, -0.2) is 75.6 Å². The summed E-state index contributed by atoms with van der Waals surface area (Å²) in [6.07, 6.45) is 36.6. The van der Waals surface area contributed by atoms with Crippen LogP contribution in [0.15, 0.2) is 12.2 Å². The maximum atomic E-state index is 12.6. The molecule has 1 N–H and O–H groups in total. The van der Waals surface area contributed by atoms with E-state index in [1.54, 1.807) is 0 Å². The molecule has 0 amide bonds. The van der Waals surface area contributed by atoms with Gasteiger partial charge in [0.15, 0.2) is 0 Å². The predicted octanol–water partition coefficient (Wildman–Crippen LogP) is 11.9. The van der Waals surface area contributed by atoms with E-state index in [4.69, 9.17) is 18.5 Å². The molecule has 0 saturated carbocycles. The number of carbonyl (C=O) groups is 1. The molecule has 8 nitrogen and oxygen atoms in total. The summed E-state index contributed by atoms with van der Waals surface area (Å²) in [6, 6.07) is 0. The van der Waals surface area contributed by atoms with E-state index in [0.29, 0.717) is 24.1 Å². The van der Waals surface area contributed by atoms with Gasteiger partial charge in [0.25, 0.3) is 0 Å². The fourth-order valence-corrected chi connectivity index (χ4v) is 6.52. The standard InChI is InChI=1S/C41H82NO7P/c1-6-8-10-12-14-16-18-20-21-22-23-24-26-28-30-32-34-41(43)49-40(39-48-50(44,45)47-37-35-42(3,4)5)38-46-36-33-31-29-27-25-19-17-15-13-11-9-7-2/h21-22,40H,6-20,23-39H2,1-5H3/p+1/b22-21-. The van der Waals surface area contributed by atoms with Gasteiger partial charge in [-0.2, -0.15) is 0 Å². The van der Waals surface area contributed by atoms with E-state index in [1.165, 1.54) is 128 Å². The van der Waals surface area contributed by atoms with Crippen LogP contribution < -0.4 is 0 Å². The number of hydrogen-bond acceptors (Lipinski definition) is 6. The first-order valence-corrected chi connectivity index (χ1v) is 22.4. The minimum Gasteiger partial charge on any atom is -0.457 e. The Bertz CT molecular complexity index is 817. The molecule has 2 unspecified atom stereocenters. The van der Waals surface area contributed by atoms with Crippen molar-refractivity contribution in [2.45, 2.75) is 193 Å². The molecule has 2 atom stereocenters. The third kappa shape index (κ3) is 38.5. The van der Waals surface area contributed by atoms with Crippen molar-refractivity contribution < 1.29 is 37.3 Å². The molecule has 9 heteroatoms. The van der Waals surface area contributed by atoms with E-state index in [-0.39, 0.29) is 25.8 Å². The van der Waals surface area contributed by atoms with Gasteiger partial charge < -0.3 is 18.9 Å². The van der Waals surface area contributed by atoms with Gasteiger partial charge in [-0.1, -0.05) is 154 Å². The van der Waals surface area contributed by atoms with E-state index in [0.717, 1.165) is 38.5 Å². The second-order valence-corrected chi connectivity index (χ2v) is 16.8. The lowest BCUT2D eigenvalue weighted by Crippen LogP contribution is -2.37. The molecule has 0 aromatic rings. The van der Waals surface area contributed by atoms with E-state index < -0.39 is 13.9 Å². The van der Waals surface area contributed by atoms with Gasteiger partial charge in [-0.05, 0) is 38.5 Å². The second kappa shape index (κ2) is 35.3. The van der Waals surface area contributed by atoms with Crippen LogP contribution in [0.3, 0.4) is 0 Å². The Labute approximate surface area is 310 Å². The minimum atomic E-state index is -4.27. The van der Waals surface area contributed by atoms with Gasteiger partial charge >= 0.3 is 13.8 Å². The highest BCUT2D eigenvalue weighted by Crippen LogP contribution is 2.43. The fourth-order valence-electron chi connectivity index (χ4n) is 5.78. The summed E-state index contributed by atoms with van der Waals surface area (Å²) in [4.78, 5) is 22.8. The summed E-state index contributed by atoms with van der Waals surface area (Å²) < 4.78 is 34.9. The van der Waals surface area contributed by atoms with Crippen molar-refractivity contribution >= 4 is 13.8 Å². The summed E-state index contributed by atoms with van der Waals surface area (Å²) >= 11 is 0. The van der Waals surface area contributed by atoms with Crippen molar-refractivity contribution in [3.05, 3.63) is 12.2 Å². The van der Waals surface area contributed by atoms with Crippen molar-refractivity contribution in [1.82, 2.24) is 0 Å². The minimum absolute atomic E-state index is 0.0900. The molecule has 0 rings (SSSR count). The lowest BCUT2D eigenvalue weighted by atomic mass is 10.1. The molecule has 0 fully saturated rings. The third-order valence-electron chi connectivity index (χ3n) is 9.08. The Balaban J connectivity index is 4.25. The zero-order valence-electron chi connectivity index (χ0n) is 33.7. The smallest absolute Gasteiger partial charge is 0.457 e. The molecule has 50 heavy (non-hydrogen) atoms. The summed E-state index contributed by atoms with van der Waals surface area (Å²) in [5.41, 5.74) is 0. The number of ether oxygens (including phenoxy) is 2. The Hall–Kier alpha value is -0.760. The number of rotatable bonds is 39. The van der Waals surface area contributed by atoms with Crippen LogP contribution in [0.2, 0.25) is 0 Å². The summed E-state index contributed by atoms with van der Waals surface area (Å²) in [5, 5.41) is 0. The first kappa shape index (κ1) is 49.2. The summed E-state index contributed by atoms with van der Waals surface area (Å²) in [7, 11) is 1.67. The van der Waals surface area contributed by atoms with Crippen molar-refractivity contribution in [2.24, 2.45) is 0 Å². The van der Waals surface area contributed by atoms with Crippen molar-refractivity contribution in [3.63, 3.8) is 0 Å². The fraction of sp³-hybridized carbons (Fsp3) is 0.927. The zero-order chi connectivity index (χ0) is 37.0. The van der Waals surface area contributed by atoms with Crippen LogP contribution in [-0.2, 0) is 27.9 Å². The van der Waals surface area contributed by atoms with Gasteiger partial charge in [-0.15, -0.1) is 0 Å². The molecular weight excluding hydrogens is 649 g/mol. The van der Waals surface area contributed by atoms with Gasteiger partial charge in [0.1, 0.15) is 19.3 Å². The third-order valence-corrected chi connectivity index (χ3v) is 10.1. The Kier molecular flexibility index (Phi) is 34.7. The van der Waals surface area contributed by atoms with Crippen LogP contribution in [0.5, 0.6) is 0 Å². The topological polar surface area (TPSA) is 91.3 Å². The maximum Gasteiger partial charge on any atom is 0.472 e. The van der Waals surface area contributed by atoms with Gasteiger partial charge in [0.05, 0.1) is 34.4 Å². The predicted molar refractivity (Wildman–Crippen MR) is 210 cm³/mol. The molecule has 0 radical (unpaired) electrons. The quantitative estimate of drug-likeness (QED) is 0.0221. The largest absolute Gasteiger partial charge is 0.472 e. The number of hydrogen-bond donors (Lipinski definition) is 1. The molecule has 0 bridgehead atoms. The molecule has 0 aromatic heterocycles. The van der Waals surface area contributed by atoms with Crippen molar-refractivity contribution in [2.75, 3.05) is 54.1 Å². The number of allylic oxidation sites excluding steroid dienone is 2. The van der Waals surface area contributed by atoms with E-state index >= 15 is 0 Å². The SMILES string of the molecule is CCCCCCCCC/C=C\CCCCCCCC(=O)OC(COCCCCCCCCCCCCCC)COP(=O)(O)OCC[N+](C)(C)C. The number of phosphoric acid groups is 1. The molecule has 0 aromatic carbocycles. The highest BCUT2D eigenvalue weighted by Gasteiger charge is 2.26. The number of carbonyl (C=O) groups excluding carboxylic acids is 1. The Morgan fingerprint density at radius 1 is 0.600 bits per heavy atom. The van der Waals surface area contributed by atoms with Crippen LogP contribution in [0.25, 0.3) is 0 Å². The normalized spacial score (nSPS) is 14.0. The van der Waals surface area contributed by atoms with Gasteiger partial charge in [-0.3, -0.25) is 13.8 Å². The van der Waals surface area contributed by atoms with Gasteiger partial charge in [0, 0.05) is 13.0 Å². The average molecular weight is 733 g/mol. The molecule has 0 saturated heterocycles. The molecule has 298 valence electrons. The van der Waals surface area contributed by atoms with E-state index in [1.807, 2.05) is 21.1 Å². The second-order valence-electron chi connectivity index (χ2n) is 15.4. The number of likely N-dealkylation sites (N-methyl/N-ethyl adjacent to an activating group) is 1. The van der Waals surface area contributed by atoms with E-state index in [2.05, 4.69) is 26.0 Å². The van der Waals surface area contributed by atoms with E-state index in [9.17, 15) is 14.3 Å². The number of phosphoric ester groups is 1. The van der Waals surface area contributed by atoms with Crippen LogP contribution in [0.1, 0.15) is 187 Å². The molecule has 0 aliphatic carbocycles. The number of unbranched alkanes of at least 4 members (excludes halogenated alkanes) is 23. The zero-order valence-corrected chi connectivity index (χ0v) is 34.5. The van der Waals surface area contributed by atoms with Crippen LogP contribution in [0, 0.1) is 0 Å². The van der Waals surface area contributed by atoms with Gasteiger partial charge in [0.2, 0.25) is 0 Å². The van der Waals surface area contributed by atoms with Gasteiger partial charge in [-0.25, -0.2) is 4.57 Å². The first-order chi connectivity index (χ1) is 24.1. The summed E-state index contributed by atoms with van der Waals surface area (Å²) in [5.74, 6) is -0.320.